The van der Waals surface area contributed by atoms with Gasteiger partial charge >= 0.3 is 15.6 Å². The fourth-order valence-electron chi connectivity index (χ4n) is 0.568. The van der Waals surface area contributed by atoms with Crippen LogP contribution in [0.5, 0.6) is 0 Å². The summed E-state index contributed by atoms with van der Waals surface area (Å²) in [7, 11) is -9.28. The summed E-state index contributed by atoms with van der Waals surface area (Å²) in [4.78, 5) is 53.0. The molecule has 0 aromatic rings. The molecule has 0 aliphatic heterocycles. The number of aldehydes is 1. The summed E-state index contributed by atoms with van der Waals surface area (Å²) in [6.07, 6.45) is -5.88. The zero-order valence-electron chi connectivity index (χ0n) is 10.5. The molecule has 0 radical (unpaired) electrons. The Hall–Kier alpha value is -0.270. The highest BCUT2D eigenvalue weighted by atomic mass is 31.2. The van der Waals surface area contributed by atoms with Gasteiger partial charge in [0.25, 0.3) is 0 Å². The third-order valence-corrected chi connectivity index (χ3v) is 1.33. The van der Waals surface area contributed by atoms with E-state index in [4.69, 9.17) is 58.9 Å². The van der Waals surface area contributed by atoms with Gasteiger partial charge < -0.3 is 54.6 Å². The maximum Gasteiger partial charge on any atom is 0.466 e. The van der Waals surface area contributed by atoms with Crippen molar-refractivity contribution in [3.63, 3.8) is 0 Å². The van der Waals surface area contributed by atoms with Crippen LogP contribution >= 0.6 is 15.6 Å². The van der Waals surface area contributed by atoms with Gasteiger partial charge in [-0.2, -0.15) is 0 Å². The lowest BCUT2D eigenvalue weighted by Crippen LogP contribution is -2.43. The Bertz CT molecular complexity index is 321. The first-order chi connectivity index (χ1) is 9.00. The van der Waals surface area contributed by atoms with Gasteiger partial charge in [-0.1, -0.05) is 0 Å². The van der Waals surface area contributed by atoms with E-state index in [-0.39, 0.29) is 6.29 Å². The fraction of sp³-hybridized carbons (Fsp3) is 0.833. The van der Waals surface area contributed by atoms with Crippen LogP contribution in [0.4, 0.5) is 0 Å². The van der Waals surface area contributed by atoms with Crippen LogP contribution in [0.1, 0.15) is 6.92 Å². The van der Waals surface area contributed by atoms with Crippen molar-refractivity contribution in [1.29, 1.82) is 0 Å². The molecule has 13 nitrogen and oxygen atoms in total. The Balaban J connectivity index is -0.000000270. The molecular weight excluding hydrogens is 342 g/mol. The van der Waals surface area contributed by atoms with Crippen LogP contribution in [0.15, 0.2) is 0 Å². The molecule has 21 heavy (non-hydrogen) atoms. The van der Waals surface area contributed by atoms with Gasteiger partial charge in [-0.05, 0) is 6.92 Å². The predicted octanol–water partition coefficient (Wildman–Crippen LogP) is -4.21. The predicted molar refractivity (Wildman–Crippen MR) is 64.3 cm³/mol. The van der Waals surface area contributed by atoms with E-state index in [0.29, 0.717) is 0 Å². The monoisotopic (exact) mass is 360 g/mol. The maximum atomic E-state index is 9.87. The number of phosphoric acid groups is 2. The third-order valence-electron chi connectivity index (χ3n) is 1.33. The zero-order valence-corrected chi connectivity index (χ0v) is 12.3. The Morgan fingerprint density at radius 3 is 1.14 bits per heavy atom. The minimum Gasteiger partial charge on any atom is -0.391 e. The molecule has 10 N–H and O–H groups in total. The minimum atomic E-state index is -4.64. The van der Waals surface area contributed by atoms with E-state index in [0.717, 1.165) is 0 Å². The second-order valence-electron chi connectivity index (χ2n) is 3.38. The molecule has 0 rings (SSSR count). The topological polar surface area (TPSA) is 254 Å². The lowest BCUT2D eigenvalue weighted by Gasteiger charge is -2.21. The highest BCUT2D eigenvalue weighted by Gasteiger charge is 2.27. The molecule has 0 aromatic carbocycles. The third kappa shape index (κ3) is 32.9. The summed E-state index contributed by atoms with van der Waals surface area (Å²) in [6.45, 7) is 1.24. The van der Waals surface area contributed by atoms with Crippen LogP contribution in [0.3, 0.4) is 0 Å². The lowest BCUT2D eigenvalue weighted by atomic mass is 10.1. The van der Waals surface area contributed by atoms with Crippen molar-refractivity contribution in [3.05, 3.63) is 0 Å². The van der Waals surface area contributed by atoms with E-state index >= 15 is 0 Å². The SMILES string of the molecule is CC(O)C(O)C(O)C(O)C=O.O=P(O)(O)O.O=P(O)(O)O. The first-order valence-corrected chi connectivity index (χ1v) is 7.87. The fourth-order valence-corrected chi connectivity index (χ4v) is 0.568. The number of carbonyl (C=O) groups is 1. The van der Waals surface area contributed by atoms with Crippen LogP contribution in [0.25, 0.3) is 0 Å². The molecule has 0 saturated heterocycles. The Morgan fingerprint density at radius 2 is 1.00 bits per heavy atom. The van der Waals surface area contributed by atoms with Gasteiger partial charge in [0, 0.05) is 0 Å². The molecule has 0 spiro atoms. The Labute approximate surface area is 118 Å². The molecule has 0 aliphatic rings. The van der Waals surface area contributed by atoms with Gasteiger partial charge in [0.1, 0.15) is 18.3 Å². The van der Waals surface area contributed by atoms with Crippen molar-refractivity contribution in [2.24, 2.45) is 0 Å². The lowest BCUT2D eigenvalue weighted by molar-refractivity contribution is -0.132. The quantitative estimate of drug-likeness (QED) is 0.169. The number of aliphatic hydroxyl groups excluding tert-OH is 4. The van der Waals surface area contributed by atoms with Gasteiger partial charge in [-0.15, -0.1) is 0 Å². The molecule has 15 heteroatoms. The van der Waals surface area contributed by atoms with E-state index in [1.54, 1.807) is 0 Å². The van der Waals surface area contributed by atoms with Crippen molar-refractivity contribution in [2.45, 2.75) is 31.3 Å². The van der Waals surface area contributed by atoms with E-state index in [1.807, 2.05) is 0 Å². The summed E-state index contributed by atoms with van der Waals surface area (Å²) in [5.74, 6) is 0. The summed E-state index contributed by atoms with van der Waals surface area (Å²) < 4.78 is 17.8. The standard InChI is InChI=1S/C6H12O5.2H3O4P/c1-3(8)5(10)6(11)4(9)2-7;2*1-5(2,3)4/h2-6,8-11H,1H3;2*(H3,1,2,3,4). The Morgan fingerprint density at radius 1 is 0.762 bits per heavy atom. The zero-order chi connectivity index (χ0) is 18.0. The molecule has 0 aromatic heterocycles. The van der Waals surface area contributed by atoms with Gasteiger partial charge in [0.2, 0.25) is 0 Å². The molecule has 0 amide bonds. The Kier molecular flexibility index (Phi) is 13.8. The first kappa shape index (κ1) is 25.7. The number of carbonyl (C=O) groups excluding carboxylic acids is 1. The summed E-state index contributed by atoms with van der Waals surface area (Å²) in [5.41, 5.74) is 0. The second-order valence-corrected chi connectivity index (χ2v) is 5.43. The van der Waals surface area contributed by atoms with Crippen molar-refractivity contribution >= 4 is 21.9 Å². The van der Waals surface area contributed by atoms with Gasteiger partial charge in [0.05, 0.1) is 6.10 Å². The molecule has 0 saturated carbocycles. The van der Waals surface area contributed by atoms with Crippen LogP contribution in [0.2, 0.25) is 0 Å². The second kappa shape index (κ2) is 11.3. The smallest absolute Gasteiger partial charge is 0.391 e. The molecule has 130 valence electrons. The van der Waals surface area contributed by atoms with Crippen molar-refractivity contribution in [1.82, 2.24) is 0 Å². The molecule has 0 heterocycles. The highest BCUT2D eigenvalue weighted by molar-refractivity contribution is 7.45. The molecule has 4 unspecified atom stereocenters. The average molecular weight is 360 g/mol. The van der Waals surface area contributed by atoms with Crippen molar-refractivity contribution in [3.8, 4) is 0 Å². The van der Waals surface area contributed by atoms with Gasteiger partial charge in [-0.25, -0.2) is 9.13 Å². The van der Waals surface area contributed by atoms with Gasteiger partial charge in [-0.3, -0.25) is 0 Å². The number of aliphatic hydroxyl groups is 4. The van der Waals surface area contributed by atoms with Crippen molar-refractivity contribution in [2.75, 3.05) is 0 Å². The molecule has 0 fully saturated rings. The summed E-state index contributed by atoms with van der Waals surface area (Å²) in [6, 6.07) is 0. The summed E-state index contributed by atoms with van der Waals surface area (Å²) in [5, 5.41) is 35.1. The number of rotatable bonds is 4. The van der Waals surface area contributed by atoms with Crippen LogP contribution in [0, 0.1) is 0 Å². The average Bonchev–Trinajstić information content (AvgIpc) is 2.21. The van der Waals surface area contributed by atoms with Crippen molar-refractivity contribution < 1.29 is 63.7 Å². The largest absolute Gasteiger partial charge is 0.466 e. The van der Waals surface area contributed by atoms with E-state index in [2.05, 4.69) is 0 Å². The molecule has 0 aliphatic carbocycles. The minimum absolute atomic E-state index is 0.0935. The number of hydrogen-bond donors (Lipinski definition) is 10. The van der Waals surface area contributed by atoms with Crippen LogP contribution in [-0.4, -0.2) is 80.5 Å². The normalized spacial score (nSPS) is 17.1. The molecule has 0 bridgehead atoms. The van der Waals surface area contributed by atoms with Crippen LogP contribution in [-0.2, 0) is 13.9 Å². The van der Waals surface area contributed by atoms with Crippen LogP contribution < -0.4 is 0 Å². The van der Waals surface area contributed by atoms with E-state index in [9.17, 15) is 4.79 Å². The summed E-state index contributed by atoms with van der Waals surface area (Å²) >= 11 is 0. The molecule has 4 atom stereocenters. The first-order valence-electron chi connectivity index (χ1n) is 4.74. The maximum absolute atomic E-state index is 9.87. The van der Waals surface area contributed by atoms with Gasteiger partial charge in [0.15, 0.2) is 6.29 Å². The van der Waals surface area contributed by atoms with E-state index in [1.165, 1.54) is 6.92 Å². The number of hydrogen-bond acceptors (Lipinski definition) is 7. The van der Waals surface area contributed by atoms with E-state index < -0.39 is 40.1 Å². The molecular formula is C6H18O13P2. The highest BCUT2D eigenvalue weighted by Crippen LogP contribution is 2.26.